The van der Waals surface area contributed by atoms with Crippen LogP contribution in [0.5, 0.6) is 0 Å². The molecular weight excluding hydrogens is 364 g/mol. The predicted octanol–water partition coefficient (Wildman–Crippen LogP) is 3.92. The maximum Gasteiger partial charge on any atom is 0.263 e. The van der Waals surface area contributed by atoms with Crippen molar-refractivity contribution in [2.75, 3.05) is 4.72 Å². The van der Waals surface area contributed by atoms with Gasteiger partial charge in [-0.05, 0) is 49.2 Å². The van der Waals surface area contributed by atoms with Gasteiger partial charge in [0.15, 0.2) is 0 Å². The number of rotatable bonds is 3. The second kappa shape index (κ2) is 5.71. The van der Waals surface area contributed by atoms with Gasteiger partial charge < -0.3 is 0 Å². The summed E-state index contributed by atoms with van der Waals surface area (Å²) in [5.74, 6) is 0. The highest BCUT2D eigenvalue weighted by molar-refractivity contribution is 9.10. The third kappa shape index (κ3) is 3.31. The molecule has 0 amide bonds. The van der Waals surface area contributed by atoms with Gasteiger partial charge in [-0.1, -0.05) is 27.5 Å². The summed E-state index contributed by atoms with van der Waals surface area (Å²) in [7, 11) is -3.66. The molecule has 106 valence electrons. The first-order valence-electron chi connectivity index (χ1n) is 5.71. The van der Waals surface area contributed by atoms with Crippen molar-refractivity contribution in [3.05, 3.63) is 51.2 Å². The Morgan fingerprint density at radius 2 is 1.80 bits per heavy atom. The number of aryl methyl sites for hydroxylation is 2. The number of pyridine rings is 1. The van der Waals surface area contributed by atoms with Gasteiger partial charge in [-0.25, -0.2) is 13.4 Å². The minimum Gasteiger partial charge on any atom is -0.280 e. The maximum absolute atomic E-state index is 12.2. The highest BCUT2D eigenvalue weighted by atomic mass is 79.9. The van der Waals surface area contributed by atoms with Crippen LogP contribution in [-0.4, -0.2) is 13.4 Å². The Kier molecular flexibility index (Phi) is 4.36. The van der Waals surface area contributed by atoms with Crippen LogP contribution in [0.2, 0.25) is 5.15 Å². The van der Waals surface area contributed by atoms with Crippen LogP contribution in [0.1, 0.15) is 11.1 Å². The van der Waals surface area contributed by atoms with Crippen molar-refractivity contribution in [1.82, 2.24) is 4.98 Å². The number of aromatic nitrogens is 1. The third-order valence-corrected chi connectivity index (χ3v) is 5.54. The molecule has 2 rings (SSSR count). The van der Waals surface area contributed by atoms with Gasteiger partial charge in [0.2, 0.25) is 0 Å². The van der Waals surface area contributed by atoms with Crippen LogP contribution in [0, 0.1) is 13.8 Å². The average Bonchev–Trinajstić information content (AvgIpc) is 2.36. The van der Waals surface area contributed by atoms with Crippen LogP contribution in [0.4, 0.5) is 5.69 Å². The Morgan fingerprint density at radius 1 is 1.20 bits per heavy atom. The van der Waals surface area contributed by atoms with Crippen molar-refractivity contribution in [3.8, 4) is 0 Å². The molecule has 1 aromatic carbocycles. The molecule has 0 radical (unpaired) electrons. The predicted molar refractivity (Wildman–Crippen MR) is 83.7 cm³/mol. The number of sulfonamides is 1. The van der Waals surface area contributed by atoms with E-state index < -0.39 is 10.0 Å². The van der Waals surface area contributed by atoms with E-state index in [0.717, 1.165) is 15.6 Å². The number of anilines is 1. The van der Waals surface area contributed by atoms with Gasteiger partial charge in [0.1, 0.15) is 10.0 Å². The van der Waals surface area contributed by atoms with E-state index in [9.17, 15) is 8.42 Å². The number of nitrogens with zero attached hydrogens (tertiary/aromatic N) is 1. The summed E-state index contributed by atoms with van der Waals surface area (Å²) in [6, 6.07) is 6.38. The third-order valence-electron chi connectivity index (χ3n) is 2.70. The van der Waals surface area contributed by atoms with Crippen molar-refractivity contribution < 1.29 is 8.42 Å². The van der Waals surface area contributed by atoms with Crippen molar-refractivity contribution in [2.45, 2.75) is 18.7 Å². The summed E-state index contributed by atoms with van der Waals surface area (Å²) in [5, 5.41) is 0.249. The lowest BCUT2D eigenvalue weighted by Crippen LogP contribution is -2.13. The standard InChI is InChI=1S/C13H12BrClN2O2S/c1-8-5-10(6-9(2)13(8)14)17-20(18,19)11-3-4-12(15)16-7-11/h3-7,17H,1-2H3. The number of nitrogens with one attached hydrogen (secondary N) is 1. The van der Waals surface area contributed by atoms with Crippen molar-refractivity contribution in [2.24, 2.45) is 0 Å². The summed E-state index contributed by atoms with van der Waals surface area (Å²) >= 11 is 9.09. The van der Waals surface area contributed by atoms with Crippen LogP contribution >= 0.6 is 27.5 Å². The fourth-order valence-corrected chi connectivity index (χ4v) is 3.07. The summed E-state index contributed by atoms with van der Waals surface area (Å²) in [6.07, 6.45) is 1.23. The summed E-state index contributed by atoms with van der Waals surface area (Å²) < 4.78 is 27.9. The van der Waals surface area contributed by atoms with Gasteiger partial charge in [0.05, 0.1) is 0 Å². The SMILES string of the molecule is Cc1cc(NS(=O)(=O)c2ccc(Cl)nc2)cc(C)c1Br. The van der Waals surface area contributed by atoms with Crippen LogP contribution < -0.4 is 4.72 Å². The zero-order valence-electron chi connectivity index (χ0n) is 10.8. The molecule has 0 spiro atoms. The second-order valence-corrected chi connectivity index (χ2v) is 7.21. The summed E-state index contributed by atoms with van der Waals surface area (Å²) in [6.45, 7) is 3.80. The topological polar surface area (TPSA) is 59.1 Å². The summed E-state index contributed by atoms with van der Waals surface area (Å²) in [4.78, 5) is 3.84. The molecule has 20 heavy (non-hydrogen) atoms. The fraction of sp³-hybridized carbons (Fsp3) is 0.154. The van der Waals surface area contributed by atoms with Gasteiger partial charge in [-0.15, -0.1) is 0 Å². The highest BCUT2D eigenvalue weighted by Gasteiger charge is 2.15. The molecule has 0 aliphatic rings. The molecule has 0 aliphatic carbocycles. The molecule has 4 nitrogen and oxygen atoms in total. The normalized spacial score (nSPS) is 11.4. The lowest BCUT2D eigenvalue weighted by molar-refractivity contribution is 0.601. The first kappa shape index (κ1) is 15.3. The summed E-state index contributed by atoms with van der Waals surface area (Å²) in [5.41, 5.74) is 2.42. The minimum absolute atomic E-state index is 0.0696. The molecule has 0 unspecified atom stereocenters. The molecular formula is C13H12BrClN2O2S. The van der Waals surface area contributed by atoms with E-state index in [1.807, 2.05) is 13.8 Å². The van der Waals surface area contributed by atoms with E-state index in [4.69, 9.17) is 11.6 Å². The van der Waals surface area contributed by atoms with E-state index in [0.29, 0.717) is 5.69 Å². The van der Waals surface area contributed by atoms with Crippen molar-refractivity contribution in [3.63, 3.8) is 0 Å². The Bertz CT molecular complexity index is 722. The lowest BCUT2D eigenvalue weighted by atomic mass is 10.1. The molecule has 0 fully saturated rings. The van der Waals surface area contributed by atoms with E-state index in [-0.39, 0.29) is 10.0 Å². The number of halogens is 2. The number of hydrogen-bond acceptors (Lipinski definition) is 3. The molecule has 0 aliphatic heterocycles. The zero-order chi connectivity index (χ0) is 14.9. The van der Waals surface area contributed by atoms with Crippen LogP contribution in [0.15, 0.2) is 39.8 Å². The van der Waals surface area contributed by atoms with E-state index in [1.54, 1.807) is 12.1 Å². The molecule has 1 heterocycles. The lowest BCUT2D eigenvalue weighted by Gasteiger charge is -2.11. The molecule has 2 aromatic rings. The van der Waals surface area contributed by atoms with Gasteiger partial charge in [0, 0.05) is 16.4 Å². The Morgan fingerprint density at radius 3 is 2.30 bits per heavy atom. The van der Waals surface area contributed by atoms with E-state index in [2.05, 4.69) is 25.6 Å². The quantitative estimate of drug-likeness (QED) is 0.827. The maximum atomic E-state index is 12.2. The number of hydrogen-bond donors (Lipinski definition) is 1. The Hall–Kier alpha value is -1.11. The largest absolute Gasteiger partial charge is 0.280 e. The monoisotopic (exact) mass is 374 g/mol. The van der Waals surface area contributed by atoms with E-state index >= 15 is 0 Å². The average molecular weight is 376 g/mol. The molecule has 0 atom stereocenters. The Labute approximate surface area is 131 Å². The smallest absolute Gasteiger partial charge is 0.263 e. The number of benzene rings is 1. The van der Waals surface area contributed by atoms with Crippen LogP contribution in [0.3, 0.4) is 0 Å². The Balaban J connectivity index is 2.36. The highest BCUT2D eigenvalue weighted by Crippen LogP contribution is 2.26. The first-order valence-corrected chi connectivity index (χ1v) is 8.36. The van der Waals surface area contributed by atoms with Crippen LogP contribution in [-0.2, 0) is 10.0 Å². The van der Waals surface area contributed by atoms with Crippen molar-refractivity contribution in [1.29, 1.82) is 0 Å². The molecule has 0 saturated carbocycles. The minimum atomic E-state index is -3.66. The van der Waals surface area contributed by atoms with Gasteiger partial charge in [-0.2, -0.15) is 0 Å². The molecule has 1 aromatic heterocycles. The zero-order valence-corrected chi connectivity index (χ0v) is 14.0. The van der Waals surface area contributed by atoms with Gasteiger partial charge in [-0.3, -0.25) is 4.72 Å². The second-order valence-electron chi connectivity index (χ2n) is 4.35. The molecule has 0 saturated heterocycles. The molecule has 0 bridgehead atoms. The van der Waals surface area contributed by atoms with E-state index in [1.165, 1.54) is 18.3 Å². The molecule has 7 heteroatoms. The molecule has 1 N–H and O–H groups in total. The van der Waals surface area contributed by atoms with Gasteiger partial charge >= 0.3 is 0 Å². The van der Waals surface area contributed by atoms with Crippen molar-refractivity contribution >= 4 is 43.2 Å². The van der Waals surface area contributed by atoms with Gasteiger partial charge in [0.25, 0.3) is 10.0 Å². The first-order chi connectivity index (χ1) is 9.29. The van der Waals surface area contributed by atoms with Crippen LogP contribution in [0.25, 0.3) is 0 Å². The fourth-order valence-electron chi connectivity index (χ4n) is 1.74.